The van der Waals surface area contributed by atoms with Gasteiger partial charge in [-0.15, -0.1) is 0 Å². The minimum absolute atomic E-state index is 0.0814. The number of carbonyl (C=O) groups is 3. The van der Waals surface area contributed by atoms with Crippen LogP contribution in [0.25, 0.3) is 0 Å². The smallest absolute Gasteiger partial charge is 0.322 e. The summed E-state index contributed by atoms with van der Waals surface area (Å²) < 4.78 is 5.52. The maximum absolute atomic E-state index is 13.3. The molecule has 0 bridgehead atoms. The number of rotatable bonds is 7. The zero-order valence-electron chi connectivity index (χ0n) is 17.5. The number of nitrogens with zero attached hydrogens (tertiary/aromatic N) is 2. The van der Waals surface area contributed by atoms with Crippen LogP contribution in [0.2, 0.25) is 5.02 Å². The summed E-state index contributed by atoms with van der Waals surface area (Å²) in [6.45, 7) is 4.14. The third-order valence-corrected chi connectivity index (χ3v) is 6.33. The van der Waals surface area contributed by atoms with Crippen molar-refractivity contribution in [3.05, 3.63) is 46.1 Å². The maximum Gasteiger partial charge on any atom is 0.322 e. The molecular weight excluding hydrogens is 420 g/mol. The minimum atomic E-state index is -0.607. The van der Waals surface area contributed by atoms with Gasteiger partial charge in [0.25, 0.3) is 5.91 Å². The van der Waals surface area contributed by atoms with Crippen LogP contribution in [0.1, 0.15) is 37.8 Å². The van der Waals surface area contributed by atoms with E-state index in [1.807, 2.05) is 25.1 Å². The number of halogens is 1. The molecule has 0 aromatic heterocycles. The highest BCUT2D eigenvalue weighted by Gasteiger charge is 2.43. The van der Waals surface area contributed by atoms with Gasteiger partial charge in [-0.3, -0.25) is 14.5 Å². The molecule has 3 heterocycles. The van der Waals surface area contributed by atoms with Crippen molar-refractivity contribution in [3.63, 3.8) is 0 Å². The average Bonchev–Trinajstić information content (AvgIpc) is 3.39. The van der Waals surface area contributed by atoms with Crippen LogP contribution < -0.4 is 10.6 Å². The molecule has 9 heteroatoms. The molecule has 2 atom stereocenters. The molecular formula is C22H27ClN4O4. The fraction of sp³-hybridized carbons (Fsp3) is 0.500. The first-order chi connectivity index (χ1) is 15.0. The predicted molar refractivity (Wildman–Crippen MR) is 115 cm³/mol. The third kappa shape index (κ3) is 4.41. The summed E-state index contributed by atoms with van der Waals surface area (Å²) in [4.78, 5) is 41.4. The Bertz CT molecular complexity index is 913. The predicted octanol–water partition coefficient (Wildman–Crippen LogP) is 2.21. The maximum atomic E-state index is 13.3. The van der Waals surface area contributed by atoms with Gasteiger partial charge in [0.05, 0.1) is 30.0 Å². The molecule has 1 aromatic rings. The van der Waals surface area contributed by atoms with E-state index in [-0.39, 0.29) is 36.9 Å². The lowest BCUT2D eigenvalue weighted by Crippen LogP contribution is -2.47. The molecule has 31 heavy (non-hydrogen) atoms. The van der Waals surface area contributed by atoms with Gasteiger partial charge in [0.1, 0.15) is 0 Å². The van der Waals surface area contributed by atoms with Gasteiger partial charge in [-0.25, -0.2) is 4.79 Å². The van der Waals surface area contributed by atoms with E-state index in [0.29, 0.717) is 41.5 Å². The summed E-state index contributed by atoms with van der Waals surface area (Å²) in [6.07, 6.45) is 2.26. The van der Waals surface area contributed by atoms with E-state index in [9.17, 15) is 14.4 Å². The Balaban J connectivity index is 1.46. The summed E-state index contributed by atoms with van der Waals surface area (Å²) in [7, 11) is 0. The number of benzene rings is 1. The molecule has 4 rings (SSSR count). The lowest BCUT2D eigenvalue weighted by molar-refractivity contribution is -0.127. The summed E-state index contributed by atoms with van der Waals surface area (Å²) in [5.41, 5.74) is 1.89. The van der Waals surface area contributed by atoms with Gasteiger partial charge in [0.2, 0.25) is 5.91 Å². The number of hydrogen-bond donors (Lipinski definition) is 2. The van der Waals surface area contributed by atoms with Crippen molar-refractivity contribution in [2.45, 2.75) is 38.3 Å². The summed E-state index contributed by atoms with van der Waals surface area (Å²) >= 11 is 6.37. The molecule has 0 saturated carbocycles. The zero-order chi connectivity index (χ0) is 22.0. The summed E-state index contributed by atoms with van der Waals surface area (Å²) in [5, 5.41) is 6.29. The van der Waals surface area contributed by atoms with Crippen LogP contribution in [0.5, 0.6) is 0 Å². The van der Waals surface area contributed by atoms with E-state index >= 15 is 0 Å². The molecule has 166 valence electrons. The Morgan fingerprint density at radius 2 is 2.13 bits per heavy atom. The van der Waals surface area contributed by atoms with Crippen LogP contribution in [-0.2, 0) is 14.3 Å². The number of amides is 4. The van der Waals surface area contributed by atoms with Crippen LogP contribution in [-0.4, -0.2) is 66.5 Å². The van der Waals surface area contributed by atoms with E-state index in [1.165, 1.54) is 0 Å². The molecule has 2 unspecified atom stereocenters. The molecule has 1 fully saturated rings. The van der Waals surface area contributed by atoms with Crippen molar-refractivity contribution in [2.75, 3.05) is 32.8 Å². The van der Waals surface area contributed by atoms with Crippen molar-refractivity contribution in [2.24, 2.45) is 0 Å². The first-order valence-electron chi connectivity index (χ1n) is 10.7. The van der Waals surface area contributed by atoms with Crippen LogP contribution in [0.15, 0.2) is 35.5 Å². The lowest BCUT2D eigenvalue weighted by atomic mass is 9.95. The largest absolute Gasteiger partial charge is 0.376 e. The lowest BCUT2D eigenvalue weighted by Gasteiger charge is -2.33. The van der Waals surface area contributed by atoms with Crippen LogP contribution >= 0.6 is 11.6 Å². The molecule has 1 aromatic carbocycles. The highest BCUT2D eigenvalue weighted by molar-refractivity contribution is 6.31. The van der Waals surface area contributed by atoms with E-state index in [1.54, 1.807) is 15.9 Å². The second kappa shape index (κ2) is 9.28. The Hall–Kier alpha value is -2.58. The minimum Gasteiger partial charge on any atom is -0.376 e. The van der Waals surface area contributed by atoms with E-state index in [0.717, 1.165) is 19.4 Å². The number of nitrogens with one attached hydrogen (secondary N) is 2. The van der Waals surface area contributed by atoms with Crippen LogP contribution in [0.4, 0.5) is 4.79 Å². The monoisotopic (exact) mass is 446 g/mol. The topological polar surface area (TPSA) is 91.0 Å². The molecule has 3 aliphatic rings. The van der Waals surface area contributed by atoms with Crippen molar-refractivity contribution < 1.29 is 19.1 Å². The van der Waals surface area contributed by atoms with Gasteiger partial charge in [-0.1, -0.05) is 29.8 Å². The van der Waals surface area contributed by atoms with Gasteiger partial charge in [-0.05, 0) is 31.4 Å². The number of urea groups is 1. The van der Waals surface area contributed by atoms with Gasteiger partial charge in [-0.2, -0.15) is 0 Å². The Labute approximate surface area is 186 Å². The Morgan fingerprint density at radius 1 is 1.32 bits per heavy atom. The average molecular weight is 447 g/mol. The second-order valence-corrected chi connectivity index (χ2v) is 8.33. The standard InChI is InChI=1S/C22H27ClN4O4/c1-2-27-17-13-26(10-9-18(28)24-12-14-6-5-11-31-14)21(29)19(17)20(25-22(27)30)15-7-3-4-8-16(15)23/h3-4,7-8,14,20H,2,5-6,9-13H2,1H3,(H,24,28)(H,25,30). The van der Waals surface area contributed by atoms with Gasteiger partial charge >= 0.3 is 6.03 Å². The molecule has 1 saturated heterocycles. The van der Waals surface area contributed by atoms with Crippen LogP contribution in [0, 0.1) is 0 Å². The van der Waals surface area contributed by atoms with E-state index in [4.69, 9.17) is 16.3 Å². The molecule has 4 amide bonds. The van der Waals surface area contributed by atoms with Crippen molar-refractivity contribution in [1.82, 2.24) is 20.4 Å². The van der Waals surface area contributed by atoms with Crippen molar-refractivity contribution >= 4 is 29.4 Å². The molecule has 0 spiro atoms. The first-order valence-corrected chi connectivity index (χ1v) is 11.1. The molecule has 8 nitrogen and oxygen atoms in total. The Kier molecular flexibility index (Phi) is 6.48. The SMILES string of the molecule is CCN1C(=O)NC(c2ccccc2Cl)C2=C1CN(CCC(=O)NCC1CCCO1)C2=O. The fourth-order valence-corrected chi connectivity index (χ4v) is 4.61. The van der Waals surface area contributed by atoms with Gasteiger partial charge in [0.15, 0.2) is 0 Å². The highest BCUT2D eigenvalue weighted by atomic mass is 35.5. The second-order valence-electron chi connectivity index (χ2n) is 7.92. The van der Waals surface area contributed by atoms with Crippen molar-refractivity contribution in [1.29, 1.82) is 0 Å². The number of carbonyl (C=O) groups excluding carboxylic acids is 3. The zero-order valence-corrected chi connectivity index (χ0v) is 18.3. The molecule has 2 N–H and O–H groups in total. The number of likely N-dealkylation sites (N-methyl/N-ethyl adjacent to an activating group) is 1. The normalized spacial score (nSPS) is 23.3. The van der Waals surface area contributed by atoms with E-state index in [2.05, 4.69) is 10.6 Å². The van der Waals surface area contributed by atoms with Gasteiger partial charge < -0.3 is 20.3 Å². The highest BCUT2D eigenvalue weighted by Crippen LogP contribution is 2.38. The van der Waals surface area contributed by atoms with Crippen molar-refractivity contribution in [3.8, 4) is 0 Å². The number of hydrogen-bond acceptors (Lipinski definition) is 4. The Morgan fingerprint density at radius 3 is 2.84 bits per heavy atom. The molecule has 3 aliphatic heterocycles. The quantitative estimate of drug-likeness (QED) is 0.671. The van der Waals surface area contributed by atoms with Crippen LogP contribution in [0.3, 0.4) is 0 Å². The number of ether oxygens (including phenoxy) is 1. The first kappa shape index (κ1) is 21.6. The fourth-order valence-electron chi connectivity index (χ4n) is 4.36. The molecule has 0 aliphatic carbocycles. The van der Waals surface area contributed by atoms with Gasteiger partial charge in [0, 0.05) is 37.7 Å². The van der Waals surface area contributed by atoms with E-state index < -0.39 is 6.04 Å². The molecule has 0 radical (unpaired) electrons. The summed E-state index contributed by atoms with van der Waals surface area (Å²) in [6, 6.07) is 6.33. The third-order valence-electron chi connectivity index (χ3n) is 5.99. The summed E-state index contributed by atoms with van der Waals surface area (Å²) in [5.74, 6) is -0.289.